The smallest absolute Gasteiger partial charge is 0.274 e. The van der Waals surface area contributed by atoms with Crippen LogP contribution in [-0.2, 0) is 0 Å². The van der Waals surface area contributed by atoms with Gasteiger partial charge in [-0.2, -0.15) is 0 Å². The molecule has 1 aliphatic heterocycles. The third-order valence-corrected chi connectivity index (χ3v) is 5.44. The van der Waals surface area contributed by atoms with E-state index in [1.807, 2.05) is 18.7 Å². The normalized spacial score (nSPS) is 16.4. The van der Waals surface area contributed by atoms with E-state index in [2.05, 4.69) is 58.6 Å². The Labute approximate surface area is 177 Å². The fourth-order valence-corrected chi connectivity index (χ4v) is 3.85. The third kappa shape index (κ3) is 4.64. The number of aryl methyl sites for hydroxylation is 3. The Morgan fingerprint density at radius 2 is 1.80 bits per heavy atom. The Bertz CT molecular complexity index is 1030. The third-order valence-electron chi connectivity index (χ3n) is 5.44. The van der Waals surface area contributed by atoms with Crippen molar-refractivity contribution in [3.05, 3.63) is 77.1 Å². The molecule has 1 fully saturated rings. The number of aromatic nitrogens is 3. The highest BCUT2D eigenvalue weighted by molar-refractivity contribution is 5.92. The topological polar surface area (TPSA) is 71.0 Å². The molecule has 4 rings (SSSR count). The van der Waals surface area contributed by atoms with Crippen LogP contribution in [0.4, 0.5) is 11.4 Å². The zero-order valence-electron chi connectivity index (χ0n) is 17.7. The van der Waals surface area contributed by atoms with E-state index in [0.717, 1.165) is 47.8 Å². The molecule has 1 N–H and O–H groups in total. The summed E-state index contributed by atoms with van der Waals surface area (Å²) in [6, 6.07) is 12.5. The maximum atomic E-state index is 12.9. The predicted octanol–water partition coefficient (Wildman–Crippen LogP) is 4.56. The lowest BCUT2D eigenvalue weighted by Crippen LogP contribution is -2.39. The number of pyridine rings is 1. The molecule has 0 unspecified atom stereocenters. The average Bonchev–Trinajstić information content (AvgIpc) is 2.75. The van der Waals surface area contributed by atoms with E-state index in [1.165, 1.54) is 5.56 Å². The maximum Gasteiger partial charge on any atom is 0.274 e. The highest BCUT2D eigenvalue weighted by Crippen LogP contribution is 2.29. The van der Waals surface area contributed by atoms with E-state index >= 15 is 0 Å². The molecule has 0 bridgehead atoms. The quantitative estimate of drug-likeness (QED) is 0.694. The van der Waals surface area contributed by atoms with Crippen molar-refractivity contribution in [2.24, 2.45) is 0 Å². The number of nitrogens with zero attached hydrogens (tertiary/aromatic N) is 4. The first-order valence-electron chi connectivity index (χ1n) is 10.4. The second-order valence-corrected chi connectivity index (χ2v) is 8.05. The van der Waals surface area contributed by atoms with Crippen LogP contribution in [0.3, 0.4) is 0 Å². The zero-order valence-corrected chi connectivity index (χ0v) is 17.7. The van der Waals surface area contributed by atoms with E-state index in [1.54, 1.807) is 12.4 Å². The summed E-state index contributed by atoms with van der Waals surface area (Å²) >= 11 is 0. The van der Waals surface area contributed by atoms with Gasteiger partial charge in [0.1, 0.15) is 5.69 Å². The Balaban J connectivity index is 1.51. The van der Waals surface area contributed by atoms with Crippen molar-refractivity contribution < 1.29 is 4.79 Å². The summed E-state index contributed by atoms with van der Waals surface area (Å²) in [5.74, 6) is 0.150. The number of amides is 1. The molecule has 2 aromatic heterocycles. The van der Waals surface area contributed by atoms with Crippen molar-refractivity contribution in [2.75, 3.05) is 18.4 Å². The van der Waals surface area contributed by atoms with Gasteiger partial charge in [-0.25, -0.2) is 4.98 Å². The molecule has 154 valence electrons. The van der Waals surface area contributed by atoms with Gasteiger partial charge in [0.25, 0.3) is 5.91 Å². The van der Waals surface area contributed by atoms with Crippen LogP contribution in [0, 0.1) is 20.8 Å². The number of hydrogen-bond acceptors (Lipinski definition) is 5. The standard InChI is InChI=1S/C24H27N5O/c1-16-6-8-20(9-7-16)28-21-11-17(2)27-22(12-21)19-5-4-10-29(15-19)24(30)23-14-25-18(3)13-26-23/h6-9,11-14,19H,4-5,10,15H2,1-3H3,(H,27,28)/t19-/m0/s1. The van der Waals surface area contributed by atoms with E-state index in [-0.39, 0.29) is 11.8 Å². The van der Waals surface area contributed by atoms with Crippen molar-refractivity contribution in [1.82, 2.24) is 19.9 Å². The van der Waals surface area contributed by atoms with Crippen LogP contribution in [-0.4, -0.2) is 38.8 Å². The van der Waals surface area contributed by atoms with Gasteiger partial charge in [-0.05, 0) is 57.9 Å². The van der Waals surface area contributed by atoms with Crippen molar-refractivity contribution in [3.8, 4) is 0 Å². The van der Waals surface area contributed by atoms with E-state index in [0.29, 0.717) is 12.2 Å². The van der Waals surface area contributed by atoms with Crippen LogP contribution in [0.1, 0.15) is 51.9 Å². The van der Waals surface area contributed by atoms with Gasteiger partial charge in [0, 0.05) is 48.0 Å². The highest BCUT2D eigenvalue weighted by atomic mass is 16.2. The summed E-state index contributed by atoms with van der Waals surface area (Å²) in [6.45, 7) is 7.35. The fourth-order valence-electron chi connectivity index (χ4n) is 3.85. The summed E-state index contributed by atoms with van der Waals surface area (Å²) in [7, 11) is 0. The number of benzene rings is 1. The van der Waals surface area contributed by atoms with Crippen molar-refractivity contribution in [3.63, 3.8) is 0 Å². The minimum atomic E-state index is -0.0575. The van der Waals surface area contributed by atoms with E-state index in [4.69, 9.17) is 4.98 Å². The first kappa shape index (κ1) is 20.0. The first-order chi connectivity index (χ1) is 14.5. The molecule has 0 saturated carbocycles. The van der Waals surface area contributed by atoms with E-state index in [9.17, 15) is 4.79 Å². The average molecular weight is 402 g/mol. The molecule has 3 aromatic rings. The van der Waals surface area contributed by atoms with Gasteiger partial charge in [-0.1, -0.05) is 17.7 Å². The lowest BCUT2D eigenvalue weighted by Gasteiger charge is -2.32. The molecule has 1 saturated heterocycles. The van der Waals surface area contributed by atoms with Crippen LogP contribution in [0.25, 0.3) is 0 Å². The summed E-state index contributed by atoms with van der Waals surface area (Å²) in [6.07, 6.45) is 5.17. The predicted molar refractivity (Wildman–Crippen MR) is 118 cm³/mol. The number of rotatable bonds is 4. The van der Waals surface area contributed by atoms with Gasteiger partial charge in [0.15, 0.2) is 0 Å². The SMILES string of the molecule is Cc1ccc(Nc2cc(C)nc([C@H]3CCCN(C(=O)c4cnc(C)cn4)C3)c2)cc1. The Morgan fingerprint density at radius 3 is 2.53 bits per heavy atom. The van der Waals surface area contributed by atoms with Gasteiger partial charge >= 0.3 is 0 Å². The lowest BCUT2D eigenvalue weighted by atomic mass is 9.93. The van der Waals surface area contributed by atoms with E-state index < -0.39 is 0 Å². The van der Waals surface area contributed by atoms with Crippen molar-refractivity contribution >= 4 is 17.3 Å². The molecule has 30 heavy (non-hydrogen) atoms. The monoisotopic (exact) mass is 401 g/mol. The maximum absolute atomic E-state index is 12.9. The lowest BCUT2D eigenvalue weighted by molar-refractivity contribution is 0.0699. The number of piperidine rings is 1. The second-order valence-electron chi connectivity index (χ2n) is 8.05. The molecule has 1 amide bonds. The number of hydrogen-bond donors (Lipinski definition) is 1. The highest BCUT2D eigenvalue weighted by Gasteiger charge is 2.27. The van der Waals surface area contributed by atoms with Crippen molar-refractivity contribution in [1.29, 1.82) is 0 Å². The number of likely N-dealkylation sites (tertiary alicyclic amines) is 1. The molecular weight excluding hydrogens is 374 g/mol. The summed E-state index contributed by atoms with van der Waals surface area (Å²) in [4.78, 5) is 28.0. The van der Waals surface area contributed by atoms with Gasteiger partial charge in [-0.3, -0.25) is 14.8 Å². The van der Waals surface area contributed by atoms with Gasteiger partial charge in [-0.15, -0.1) is 0 Å². The number of anilines is 2. The zero-order chi connectivity index (χ0) is 21.1. The number of carbonyl (C=O) groups excluding carboxylic acids is 1. The number of carbonyl (C=O) groups is 1. The summed E-state index contributed by atoms with van der Waals surface area (Å²) < 4.78 is 0. The Morgan fingerprint density at radius 1 is 1.00 bits per heavy atom. The molecular formula is C24H27N5O. The summed E-state index contributed by atoms with van der Waals surface area (Å²) in [5, 5.41) is 3.48. The first-order valence-corrected chi connectivity index (χ1v) is 10.4. The number of nitrogens with one attached hydrogen (secondary N) is 1. The molecule has 6 heteroatoms. The van der Waals surface area contributed by atoms with Crippen molar-refractivity contribution in [2.45, 2.75) is 39.5 Å². The van der Waals surface area contributed by atoms with Gasteiger partial charge in [0.05, 0.1) is 11.9 Å². The summed E-state index contributed by atoms with van der Waals surface area (Å²) in [5.41, 5.74) is 6.51. The second kappa shape index (κ2) is 8.61. The minimum absolute atomic E-state index is 0.0575. The Hall–Kier alpha value is -3.28. The van der Waals surface area contributed by atoms with Crippen LogP contribution < -0.4 is 5.32 Å². The molecule has 3 heterocycles. The minimum Gasteiger partial charge on any atom is -0.355 e. The Kier molecular flexibility index (Phi) is 5.74. The van der Waals surface area contributed by atoms with Crippen LogP contribution >= 0.6 is 0 Å². The molecule has 6 nitrogen and oxygen atoms in total. The molecule has 0 spiro atoms. The molecule has 0 aliphatic carbocycles. The molecule has 1 aromatic carbocycles. The molecule has 1 atom stereocenters. The van der Waals surface area contributed by atoms with Gasteiger partial charge in [0.2, 0.25) is 0 Å². The van der Waals surface area contributed by atoms with Crippen LogP contribution in [0.5, 0.6) is 0 Å². The molecule has 1 aliphatic rings. The molecule has 0 radical (unpaired) electrons. The van der Waals surface area contributed by atoms with Crippen LogP contribution in [0.2, 0.25) is 0 Å². The van der Waals surface area contributed by atoms with Crippen LogP contribution in [0.15, 0.2) is 48.8 Å². The fraction of sp³-hybridized carbons (Fsp3) is 0.333. The van der Waals surface area contributed by atoms with Gasteiger partial charge < -0.3 is 10.2 Å². The largest absolute Gasteiger partial charge is 0.355 e.